The van der Waals surface area contributed by atoms with Crippen LogP contribution in [0.25, 0.3) is 0 Å². The Kier molecular flexibility index (Phi) is 70.6. The minimum absolute atomic E-state index is 0. The zero-order valence-corrected chi connectivity index (χ0v) is 83.4. The van der Waals surface area contributed by atoms with Crippen LogP contribution in [0.1, 0.15) is 192 Å². The summed E-state index contributed by atoms with van der Waals surface area (Å²) in [6.45, 7) is 10.6. The Bertz CT molecular complexity index is 4090. The van der Waals surface area contributed by atoms with Crippen molar-refractivity contribution in [1.29, 1.82) is 10.5 Å². The quantitative estimate of drug-likeness (QED) is 0.0132. The van der Waals surface area contributed by atoms with Crippen LogP contribution in [0.2, 0.25) is 0 Å². The van der Waals surface area contributed by atoms with Crippen molar-refractivity contribution in [2.45, 2.75) is 213 Å². The number of Topliss-reactive ketones (excluding diaryl/α,β-unsaturated/α-hetero) is 2. The fourth-order valence-electron chi connectivity index (χ4n) is 16.0. The standard InChI is InChI=1S/3C15H21N.C14H10N2O2.2C11H12O.C9H9N3O.C4H9N.CH3NO3.2CH3NO2.CH5N.CH4O.2CH4.CH3.Ba.Ca.4H/c3*1-2-6-14-8-10-15(9-7-13(14)5-1)16-11-3-4-12-16;15-11-16-14(17-12-7-3-1-4-8-12)18-13-9-5-2-6-10-13;2*12-11-7-5-9-3-1-2-4-10(9)6-8-11;1-11-9(12-7-10)13-8-5-3-2-4-6-8;1-2-4-5-3-1;1-5-2(3)4;2*1-2(3)4;2*1-2;;;;;;;;;/h3*1-2,5-6,15H,3-4,7-12H2;1-10H;2*1-4H,5-8H2;2-6H,1H3,(H,11,12);5H,1-4H2;1H3;2*1H3;2H2,1H3;2H,1H3;2*1H4;1H3;;;;;;/q;;;;;;;;;;;;;;;-1;2*+2;4*-1. The number of ether oxygens (including phenoxy) is 3. The van der Waals surface area contributed by atoms with Crippen LogP contribution in [0.4, 0.5) is 0 Å². The molecule has 130 heavy (non-hydrogen) atoms. The van der Waals surface area contributed by atoms with Gasteiger partial charge in [-0.15, -0.1) is 10.1 Å². The van der Waals surface area contributed by atoms with Gasteiger partial charge in [0, 0.05) is 67.8 Å². The van der Waals surface area contributed by atoms with E-state index >= 15 is 0 Å². The third kappa shape index (κ3) is 51.3. The number of nitrogens with two attached hydrogens (primary N) is 1. The second-order valence-corrected chi connectivity index (χ2v) is 30.6. The largest absolute Gasteiger partial charge is 2.00 e. The van der Waals surface area contributed by atoms with Crippen molar-refractivity contribution >= 4 is 110 Å². The molecule has 0 saturated carbocycles. The van der Waals surface area contributed by atoms with E-state index in [-0.39, 0.29) is 127 Å². The zero-order valence-electron chi connectivity index (χ0n) is 80.7. The third-order valence-electron chi connectivity index (χ3n) is 22.2. The Morgan fingerprint density at radius 2 is 0.646 bits per heavy atom. The van der Waals surface area contributed by atoms with Crippen LogP contribution in [-0.2, 0) is 78.6 Å². The molecule has 0 atom stereocenters. The molecule has 26 nitrogen and oxygen atoms in total. The molecule has 28 heteroatoms. The van der Waals surface area contributed by atoms with E-state index in [1.807, 2.05) is 54.6 Å². The smallest absolute Gasteiger partial charge is 1.00 e. The van der Waals surface area contributed by atoms with E-state index in [0.717, 1.165) is 97.8 Å². The number of benzene rings is 8. The summed E-state index contributed by atoms with van der Waals surface area (Å²) in [6, 6.07) is 73.7. The van der Waals surface area contributed by atoms with Crippen LogP contribution < -0.4 is 30.6 Å². The Balaban J connectivity index is -0.000000461. The van der Waals surface area contributed by atoms with Crippen molar-refractivity contribution < 1.29 is 54.4 Å². The molecule has 0 aromatic heterocycles. The number of amidine groups is 1. The normalized spacial score (nSPS) is 15.5. The molecule has 0 spiro atoms. The average Bonchev–Trinajstić information content (AvgIpc) is 1.72. The third-order valence-corrected chi connectivity index (χ3v) is 22.2. The van der Waals surface area contributed by atoms with E-state index in [2.05, 4.69) is 167 Å². The van der Waals surface area contributed by atoms with E-state index in [4.69, 9.17) is 60.2 Å². The summed E-state index contributed by atoms with van der Waals surface area (Å²) in [7, 11) is 6.82. The fourth-order valence-corrected chi connectivity index (χ4v) is 16.0. The van der Waals surface area contributed by atoms with Crippen LogP contribution in [0.3, 0.4) is 0 Å². The van der Waals surface area contributed by atoms with E-state index in [1.54, 1.807) is 89.2 Å². The number of nitrogens with zero attached hydrogens (tertiary/aromatic N) is 10. The number of likely N-dealkylation sites (tertiary alicyclic amines) is 3. The number of aryl methyl sites for hydroxylation is 10. The molecule has 4 fully saturated rings. The molecule has 5 N–H and O–H groups in total. The van der Waals surface area contributed by atoms with Gasteiger partial charge in [0.05, 0.1) is 7.11 Å². The number of nitrogens with one attached hydrogen (secondary N) is 2. The number of para-hydroxylation sites is 3. The summed E-state index contributed by atoms with van der Waals surface area (Å²) in [6.07, 6.45) is 37.2. The Morgan fingerprint density at radius 1 is 0.431 bits per heavy atom. The topological polar surface area (TPSA) is 353 Å². The number of ketones is 2. The summed E-state index contributed by atoms with van der Waals surface area (Å²) in [4.78, 5) is 66.7. The predicted octanol–water partition coefficient (Wildman–Crippen LogP) is 18.0. The van der Waals surface area contributed by atoms with Crippen molar-refractivity contribution in [3.8, 4) is 29.6 Å². The van der Waals surface area contributed by atoms with Crippen LogP contribution in [0.5, 0.6) is 17.2 Å². The van der Waals surface area contributed by atoms with Crippen molar-refractivity contribution in [3.05, 3.63) is 306 Å². The first-order chi connectivity index (χ1) is 61.0. The number of nitro groups is 2. The van der Waals surface area contributed by atoms with E-state index in [0.29, 0.717) is 28.8 Å². The molecule has 8 aromatic rings. The van der Waals surface area contributed by atoms with Gasteiger partial charge in [0.15, 0.2) is 20.3 Å². The predicted molar refractivity (Wildman–Crippen MR) is 532 cm³/mol. The number of aliphatic hydroxyl groups excluding tert-OH is 1. The van der Waals surface area contributed by atoms with E-state index in [9.17, 15) is 9.59 Å². The summed E-state index contributed by atoms with van der Waals surface area (Å²) in [5.41, 5.74) is 19.6. The van der Waals surface area contributed by atoms with Crippen LogP contribution >= 0.6 is 0 Å². The molecular weight excluding hydrogens is 1790 g/mol. The molecule has 704 valence electrons. The van der Waals surface area contributed by atoms with E-state index in [1.165, 1.54) is 210 Å². The molecular formula is C102H148BaCaN13O13-. The number of fused-ring (bicyclic) bond motifs is 5. The number of hydrogen-bond donors (Lipinski definition) is 4. The van der Waals surface area contributed by atoms with Gasteiger partial charge in [-0.2, -0.15) is 10.5 Å². The van der Waals surface area contributed by atoms with Crippen LogP contribution in [0, 0.1) is 60.7 Å². The van der Waals surface area contributed by atoms with Gasteiger partial charge in [0.1, 0.15) is 28.8 Å². The second kappa shape index (κ2) is 75.7. The SMILES string of the molecule is C.C.C1CCNC1.CN.CN=C(NC#N)Oc1ccccc1.CO.CO[N+](=O)[O-].C[N+](=O)[O-].C[N+](=O)[O-].N#CN=C(Oc1ccccc1)Oc1ccccc1.O=C1CCc2ccccc2CC1.O=C1CCc2ccccc2CC1.[Ba+2].[CH3-].[Ca+2].[H-].[H-].[H-].[H-].c1ccc2c(c1)CCC(N1CCCC1)CC2.c1ccc2c(c1)CCC(N1CCCC1)CC2.c1ccc2c(c1)CCC(N1CCCC1)CC2. The molecule has 4 aliphatic heterocycles. The van der Waals surface area contributed by atoms with Gasteiger partial charge in [-0.1, -0.05) is 196 Å². The maximum Gasteiger partial charge on any atom is 2.00 e. The molecule has 0 unspecified atom stereocenters. The first-order valence-electron chi connectivity index (χ1n) is 44.0. The minimum atomic E-state index is -0.875. The Hall–Kier alpha value is -8.79. The maximum absolute atomic E-state index is 11.2. The van der Waals surface area contributed by atoms with Gasteiger partial charge >= 0.3 is 98.7 Å². The number of aliphatic hydroxyl groups is 1. The van der Waals surface area contributed by atoms with Gasteiger partial charge in [-0.05, 0) is 306 Å². The monoisotopic (exact) mass is 1940 g/mol. The van der Waals surface area contributed by atoms with Crippen molar-refractivity contribution in [2.24, 2.45) is 15.7 Å². The number of aliphatic imine (C=N–C) groups is 2. The van der Waals surface area contributed by atoms with Gasteiger partial charge < -0.3 is 63.0 Å². The first-order valence-corrected chi connectivity index (χ1v) is 44.0. The molecule has 8 aromatic carbocycles. The van der Waals surface area contributed by atoms with Gasteiger partial charge in [0.2, 0.25) is 6.19 Å². The second-order valence-electron chi connectivity index (χ2n) is 30.6. The molecule has 0 bridgehead atoms. The van der Waals surface area contributed by atoms with Gasteiger partial charge in [-0.25, -0.2) is 10.3 Å². The van der Waals surface area contributed by atoms with Gasteiger partial charge in [0.25, 0.3) is 5.09 Å². The Labute approximate surface area is 851 Å². The zero-order chi connectivity index (χ0) is 90.3. The van der Waals surface area contributed by atoms with Crippen molar-refractivity contribution in [1.82, 2.24) is 25.3 Å². The number of nitriles is 2. The van der Waals surface area contributed by atoms with Crippen molar-refractivity contribution in [2.75, 3.05) is 94.8 Å². The summed E-state index contributed by atoms with van der Waals surface area (Å²) in [5.74, 6) is 2.58. The number of rotatable bonds is 7. The Morgan fingerprint density at radius 3 is 0.838 bits per heavy atom. The molecule has 17 rings (SSSR count). The number of carbonyl (C=O) groups excluding carboxylic acids is 2. The first kappa shape index (κ1) is 121. The van der Waals surface area contributed by atoms with E-state index < -0.39 is 14.9 Å². The molecule has 0 amide bonds. The molecule has 0 radical (unpaired) electrons. The average molecular weight is 1940 g/mol. The molecule has 4 saturated heterocycles. The molecule has 9 aliphatic rings. The number of hydrogen-bond acceptors (Lipinski definition) is 22. The summed E-state index contributed by atoms with van der Waals surface area (Å²) in [5, 5.41) is 55.1. The van der Waals surface area contributed by atoms with Crippen molar-refractivity contribution in [3.63, 3.8) is 0 Å². The fraction of sp³-hybridized carbons (Fsp3) is 0.461. The minimum Gasteiger partial charge on any atom is -1.00 e. The summed E-state index contributed by atoms with van der Waals surface area (Å²) < 4.78 is 15.9. The van der Waals surface area contributed by atoms with Gasteiger partial charge in [-0.3, -0.25) is 29.8 Å². The summed E-state index contributed by atoms with van der Waals surface area (Å²) >= 11 is 0. The number of carbonyl (C=O) groups is 2. The van der Waals surface area contributed by atoms with Crippen LogP contribution in [-0.4, -0.2) is 258 Å². The molecule has 5 aliphatic carbocycles. The maximum atomic E-state index is 11.2. The molecule has 4 heterocycles. The van der Waals surface area contributed by atoms with Crippen LogP contribution in [0.15, 0.2) is 222 Å².